The molecule has 0 amide bonds. The highest BCUT2D eigenvalue weighted by Crippen LogP contribution is 2.28. The van der Waals surface area contributed by atoms with E-state index in [0.717, 1.165) is 5.69 Å². The second-order valence-electron chi connectivity index (χ2n) is 3.43. The third-order valence-electron chi connectivity index (χ3n) is 2.03. The molecule has 0 atom stereocenters. The summed E-state index contributed by atoms with van der Waals surface area (Å²) < 4.78 is 0. The van der Waals surface area contributed by atoms with Gasteiger partial charge in [-0.25, -0.2) is 0 Å². The number of benzene rings is 1. The molecule has 0 unspecified atom stereocenters. The first kappa shape index (κ1) is 13.0. The van der Waals surface area contributed by atoms with Gasteiger partial charge in [-0.15, -0.1) is 0 Å². The Morgan fingerprint density at radius 3 is 2.62 bits per heavy atom. The predicted octanol–water partition coefficient (Wildman–Crippen LogP) is 2.48. The van der Waals surface area contributed by atoms with Crippen molar-refractivity contribution in [2.45, 2.75) is 0 Å². The summed E-state index contributed by atoms with van der Waals surface area (Å²) in [5.41, 5.74) is 6.17. The lowest BCUT2D eigenvalue weighted by molar-refractivity contribution is 1.46. The first-order valence-electron chi connectivity index (χ1n) is 4.76. The van der Waals surface area contributed by atoms with Crippen LogP contribution in [0.25, 0.3) is 0 Å². The van der Waals surface area contributed by atoms with Crippen molar-refractivity contribution in [3.63, 3.8) is 0 Å². The molecule has 1 rings (SSSR count). The first-order chi connectivity index (χ1) is 7.56. The van der Waals surface area contributed by atoms with Crippen LogP contribution in [0.3, 0.4) is 0 Å². The number of amidine groups is 1. The molecule has 1 aromatic rings. The standard InChI is InChI=1S/C11H15ClN3P/c1-16(2)10-6-4-3-5-9(10)15-11(14)8(12)7-13/h3-7H,13H2,1-2H3,(H2,14,15)/b8-7+. The van der Waals surface area contributed by atoms with Gasteiger partial charge in [0, 0.05) is 11.9 Å². The maximum absolute atomic E-state index is 7.69. The van der Waals surface area contributed by atoms with Crippen LogP contribution in [0, 0.1) is 5.41 Å². The number of hydrogen-bond acceptors (Lipinski definition) is 2. The summed E-state index contributed by atoms with van der Waals surface area (Å²) in [6.07, 6.45) is 1.21. The third-order valence-corrected chi connectivity index (χ3v) is 3.70. The fourth-order valence-corrected chi connectivity index (χ4v) is 2.29. The molecule has 1 aromatic carbocycles. The number of para-hydroxylation sites is 1. The van der Waals surface area contributed by atoms with Crippen LogP contribution in [0.4, 0.5) is 5.69 Å². The van der Waals surface area contributed by atoms with Crippen molar-refractivity contribution in [3.05, 3.63) is 35.5 Å². The van der Waals surface area contributed by atoms with E-state index in [9.17, 15) is 0 Å². The number of hydrogen-bond donors (Lipinski definition) is 3. The molecule has 86 valence electrons. The molecule has 0 bridgehead atoms. The molecule has 0 aliphatic carbocycles. The van der Waals surface area contributed by atoms with E-state index in [1.165, 1.54) is 11.5 Å². The Labute approximate surface area is 102 Å². The second kappa shape index (κ2) is 5.88. The van der Waals surface area contributed by atoms with E-state index < -0.39 is 0 Å². The van der Waals surface area contributed by atoms with Crippen LogP contribution in [0.15, 0.2) is 35.5 Å². The second-order valence-corrected chi connectivity index (χ2v) is 6.10. The SMILES string of the molecule is CP(C)c1ccccc1NC(=N)/C(Cl)=C\N. The van der Waals surface area contributed by atoms with Crippen LogP contribution in [0.5, 0.6) is 0 Å². The van der Waals surface area contributed by atoms with Gasteiger partial charge in [-0.3, -0.25) is 5.41 Å². The number of nitrogens with two attached hydrogens (primary N) is 1. The van der Waals surface area contributed by atoms with Crippen molar-refractivity contribution in [3.8, 4) is 0 Å². The summed E-state index contributed by atoms with van der Waals surface area (Å²) in [5, 5.41) is 12.1. The quantitative estimate of drug-likeness (QED) is 0.441. The molecule has 4 N–H and O–H groups in total. The molecular formula is C11H15ClN3P. The molecule has 0 saturated heterocycles. The maximum Gasteiger partial charge on any atom is 0.143 e. The highest BCUT2D eigenvalue weighted by atomic mass is 35.5. The fraction of sp³-hybridized carbons (Fsp3) is 0.182. The molecule has 16 heavy (non-hydrogen) atoms. The van der Waals surface area contributed by atoms with Crippen LogP contribution >= 0.6 is 19.5 Å². The fourth-order valence-electron chi connectivity index (χ4n) is 1.25. The zero-order chi connectivity index (χ0) is 12.1. The Morgan fingerprint density at radius 2 is 2.06 bits per heavy atom. The molecule has 0 aliphatic heterocycles. The van der Waals surface area contributed by atoms with Gasteiger partial charge in [-0.05, 0) is 24.7 Å². The third kappa shape index (κ3) is 3.22. The summed E-state index contributed by atoms with van der Waals surface area (Å²) >= 11 is 5.75. The minimum Gasteiger partial charge on any atom is -0.403 e. The zero-order valence-corrected chi connectivity index (χ0v) is 10.9. The number of rotatable bonds is 3. The van der Waals surface area contributed by atoms with E-state index in [1.807, 2.05) is 18.2 Å². The lowest BCUT2D eigenvalue weighted by Crippen LogP contribution is -2.17. The Kier molecular flexibility index (Phi) is 4.78. The molecular weight excluding hydrogens is 241 g/mol. The Morgan fingerprint density at radius 1 is 1.44 bits per heavy atom. The number of nitrogens with one attached hydrogen (secondary N) is 2. The average Bonchev–Trinajstić information content (AvgIpc) is 2.28. The summed E-state index contributed by atoms with van der Waals surface area (Å²) in [6, 6.07) is 7.92. The summed E-state index contributed by atoms with van der Waals surface area (Å²) in [4.78, 5) is 0. The summed E-state index contributed by atoms with van der Waals surface area (Å²) in [7, 11) is -0.223. The van der Waals surface area contributed by atoms with Crippen molar-refractivity contribution >= 4 is 36.4 Å². The lowest BCUT2D eigenvalue weighted by Gasteiger charge is -2.14. The first-order valence-corrected chi connectivity index (χ1v) is 7.37. The van der Waals surface area contributed by atoms with Gasteiger partial charge in [-0.1, -0.05) is 37.7 Å². The van der Waals surface area contributed by atoms with Crippen molar-refractivity contribution in [1.29, 1.82) is 5.41 Å². The normalized spacial score (nSPS) is 11.6. The molecule has 0 aromatic heterocycles. The minimum atomic E-state index is -0.223. The van der Waals surface area contributed by atoms with Crippen LogP contribution in [0.2, 0.25) is 0 Å². The summed E-state index contributed by atoms with van der Waals surface area (Å²) in [5.74, 6) is 0.119. The van der Waals surface area contributed by atoms with Crippen LogP contribution in [-0.2, 0) is 0 Å². The number of anilines is 1. The molecule has 0 spiro atoms. The van der Waals surface area contributed by atoms with E-state index >= 15 is 0 Å². The largest absolute Gasteiger partial charge is 0.403 e. The van der Waals surface area contributed by atoms with Crippen molar-refractivity contribution in [2.75, 3.05) is 18.6 Å². The Hall–Kier alpha value is -1.05. The smallest absolute Gasteiger partial charge is 0.143 e. The molecule has 0 heterocycles. The van der Waals surface area contributed by atoms with Crippen molar-refractivity contribution in [2.24, 2.45) is 5.73 Å². The topological polar surface area (TPSA) is 61.9 Å². The maximum atomic E-state index is 7.69. The average molecular weight is 256 g/mol. The van der Waals surface area contributed by atoms with Crippen LogP contribution in [-0.4, -0.2) is 19.2 Å². The van der Waals surface area contributed by atoms with Gasteiger partial charge in [0.25, 0.3) is 0 Å². The van der Waals surface area contributed by atoms with E-state index in [1.54, 1.807) is 0 Å². The van der Waals surface area contributed by atoms with Crippen LogP contribution in [0.1, 0.15) is 0 Å². The highest BCUT2D eigenvalue weighted by molar-refractivity contribution is 7.64. The van der Waals surface area contributed by atoms with Gasteiger partial charge in [0.05, 0.1) is 5.03 Å². The molecule has 0 aliphatic rings. The van der Waals surface area contributed by atoms with Gasteiger partial charge in [0.1, 0.15) is 5.84 Å². The van der Waals surface area contributed by atoms with Gasteiger partial charge in [-0.2, -0.15) is 0 Å². The Bertz CT molecular complexity index is 415. The highest BCUT2D eigenvalue weighted by Gasteiger charge is 2.08. The van der Waals surface area contributed by atoms with E-state index in [-0.39, 0.29) is 18.8 Å². The number of halogens is 1. The summed E-state index contributed by atoms with van der Waals surface area (Å²) in [6.45, 7) is 4.33. The van der Waals surface area contributed by atoms with Gasteiger partial charge < -0.3 is 11.1 Å². The molecule has 0 fully saturated rings. The van der Waals surface area contributed by atoms with E-state index in [2.05, 4.69) is 24.7 Å². The Balaban J connectivity index is 2.93. The van der Waals surface area contributed by atoms with Gasteiger partial charge >= 0.3 is 0 Å². The van der Waals surface area contributed by atoms with E-state index in [4.69, 9.17) is 22.7 Å². The molecule has 5 heteroatoms. The van der Waals surface area contributed by atoms with Crippen molar-refractivity contribution in [1.82, 2.24) is 0 Å². The van der Waals surface area contributed by atoms with E-state index in [0.29, 0.717) is 0 Å². The predicted molar refractivity (Wildman–Crippen MR) is 74.3 cm³/mol. The molecule has 3 nitrogen and oxygen atoms in total. The van der Waals surface area contributed by atoms with Gasteiger partial charge in [0.15, 0.2) is 0 Å². The molecule has 0 radical (unpaired) electrons. The lowest BCUT2D eigenvalue weighted by atomic mass is 10.3. The monoisotopic (exact) mass is 255 g/mol. The molecule has 0 saturated carbocycles. The van der Waals surface area contributed by atoms with Crippen molar-refractivity contribution < 1.29 is 0 Å². The minimum absolute atomic E-state index is 0.119. The van der Waals surface area contributed by atoms with Crippen LogP contribution < -0.4 is 16.4 Å². The van der Waals surface area contributed by atoms with Gasteiger partial charge in [0.2, 0.25) is 0 Å². The zero-order valence-electron chi connectivity index (χ0n) is 9.29.